The molecule has 1 aromatic carbocycles. The van der Waals surface area contributed by atoms with E-state index in [4.69, 9.17) is 9.52 Å². The molecule has 126 valence electrons. The Bertz CT molecular complexity index is 779. The largest absolute Gasteiger partial charge is 0.456 e. The normalized spacial score (nSPS) is 17.2. The molecule has 0 unspecified atom stereocenters. The van der Waals surface area contributed by atoms with Crippen LogP contribution >= 0.6 is 0 Å². The molecule has 0 aliphatic carbocycles. The van der Waals surface area contributed by atoms with Gasteiger partial charge in [0.1, 0.15) is 5.76 Å². The van der Waals surface area contributed by atoms with E-state index in [9.17, 15) is 9.59 Å². The zero-order chi connectivity index (χ0) is 17.1. The number of carbonyl (C=O) groups is 1. The second-order valence-electron chi connectivity index (χ2n) is 6.35. The Morgan fingerprint density at radius 2 is 1.96 bits per heavy atom. The Labute approximate surface area is 140 Å². The number of amides is 1. The highest BCUT2D eigenvalue weighted by molar-refractivity contribution is 5.91. The molecule has 1 N–H and O–H groups in total. The molecule has 1 saturated heterocycles. The van der Waals surface area contributed by atoms with Gasteiger partial charge in [-0.15, -0.1) is 0 Å². The van der Waals surface area contributed by atoms with Crippen molar-refractivity contribution >= 4 is 5.91 Å². The third-order valence-electron chi connectivity index (χ3n) is 4.40. The topological polar surface area (TPSA) is 70.8 Å². The molecule has 0 saturated carbocycles. The standard InChI is InChI=1S/C19H21NO4/c1-13-8-17(22)10-18(24-13)19(23)20-7-6-16(11-20)9-14-2-4-15(12-21)5-3-14/h2-5,8,10,16,21H,6-7,9,11-12H2,1H3/t16-/m1/s1. The third kappa shape index (κ3) is 3.74. The molecule has 0 spiro atoms. The van der Waals surface area contributed by atoms with Crippen molar-refractivity contribution in [3.63, 3.8) is 0 Å². The first-order valence-corrected chi connectivity index (χ1v) is 8.15. The SMILES string of the molecule is Cc1cc(=O)cc(C(=O)N2CC[C@H](Cc3ccc(CO)cc3)C2)o1. The van der Waals surface area contributed by atoms with Crippen molar-refractivity contribution in [3.05, 3.63) is 69.3 Å². The van der Waals surface area contributed by atoms with Crippen LogP contribution in [0.25, 0.3) is 0 Å². The van der Waals surface area contributed by atoms with Crippen molar-refractivity contribution in [1.29, 1.82) is 0 Å². The van der Waals surface area contributed by atoms with Crippen LogP contribution < -0.4 is 5.43 Å². The maximum Gasteiger partial charge on any atom is 0.289 e. The lowest BCUT2D eigenvalue weighted by Gasteiger charge is -2.16. The summed E-state index contributed by atoms with van der Waals surface area (Å²) in [4.78, 5) is 25.8. The van der Waals surface area contributed by atoms with Crippen molar-refractivity contribution in [2.45, 2.75) is 26.4 Å². The van der Waals surface area contributed by atoms with Gasteiger partial charge in [-0.2, -0.15) is 0 Å². The van der Waals surface area contributed by atoms with Gasteiger partial charge < -0.3 is 14.4 Å². The Kier molecular flexibility index (Phi) is 4.81. The van der Waals surface area contributed by atoms with E-state index in [2.05, 4.69) is 0 Å². The van der Waals surface area contributed by atoms with Gasteiger partial charge in [-0.25, -0.2) is 0 Å². The molecule has 0 bridgehead atoms. The number of rotatable bonds is 4. The lowest BCUT2D eigenvalue weighted by molar-refractivity contribution is 0.0751. The van der Waals surface area contributed by atoms with Crippen LogP contribution in [0.2, 0.25) is 0 Å². The molecule has 1 aliphatic heterocycles. The molecule has 1 aromatic heterocycles. The molecule has 5 heteroatoms. The molecule has 5 nitrogen and oxygen atoms in total. The number of hydrogen-bond acceptors (Lipinski definition) is 4. The van der Waals surface area contributed by atoms with Gasteiger partial charge in [0, 0.05) is 25.2 Å². The van der Waals surface area contributed by atoms with E-state index in [-0.39, 0.29) is 23.7 Å². The van der Waals surface area contributed by atoms with Crippen LogP contribution in [0.5, 0.6) is 0 Å². The first-order chi connectivity index (χ1) is 11.5. The summed E-state index contributed by atoms with van der Waals surface area (Å²) in [5, 5.41) is 9.08. The van der Waals surface area contributed by atoms with E-state index in [1.165, 1.54) is 17.7 Å². The zero-order valence-electron chi connectivity index (χ0n) is 13.7. The summed E-state index contributed by atoms with van der Waals surface area (Å²) in [6.45, 7) is 3.06. The lowest BCUT2D eigenvalue weighted by Crippen LogP contribution is -2.29. The smallest absolute Gasteiger partial charge is 0.289 e. The highest BCUT2D eigenvalue weighted by Crippen LogP contribution is 2.22. The van der Waals surface area contributed by atoms with Crippen LogP contribution in [0.15, 0.2) is 45.6 Å². The van der Waals surface area contributed by atoms with Crippen LogP contribution in [-0.4, -0.2) is 29.0 Å². The van der Waals surface area contributed by atoms with Crippen molar-refractivity contribution in [2.75, 3.05) is 13.1 Å². The Balaban J connectivity index is 1.63. The summed E-state index contributed by atoms with van der Waals surface area (Å²) in [7, 11) is 0. The van der Waals surface area contributed by atoms with Crippen LogP contribution in [0.3, 0.4) is 0 Å². The summed E-state index contributed by atoms with van der Waals surface area (Å²) >= 11 is 0. The molecular weight excluding hydrogens is 306 g/mol. The van der Waals surface area contributed by atoms with E-state index in [1.807, 2.05) is 24.3 Å². The molecule has 2 heterocycles. The van der Waals surface area contributed by atoms with E-state index in [0.717, 1.165) is 18.4 Å². The summed E-state index contributed by atoms with van der Waals surface area (Å²) in [6.07, 6.45) is 1.83. The first-order valence-electron chi connectivity index (χ1n) is 8.15. The third-order valence-corrected chi connectivity index (χ3v) is 4.40. The van der Waals surface area contributed by atoms with E-state index in [0.29, 0.717) is 24.8 Å². The van der Waals surface area contributed by atoms with Gasteiger partial charge in [0.2, 0.25) is 0 Å². The predicted octanol–water partition coefficient (Wildman–Crippen LogP) is 2.15. The minimum atomic E-state index is -0.214. The van der Waals surface area contributed by atoms with Gasteiger partial charge in [0.25, 0.3) is 5.91 Å². The van der Waals surface area contributed by atoms with Gasteiger partial charge in [-0.1, -0.05) is 24.3 Å². The number of hydrogen-bond donors (Lipinski definition) is 1. The van der Waals surface area contributed by atoms with Crippen molar-refractivity contribution in [1.82, 2.24) is 4.90 Å². The van der Waals surface area contributed by atoms with Gasteiger partial charge in [0.05, 0.1) is 6.61 Å². The molecule has 1 amide bonds. The molecule has 24 heavy (non-hydrogen) atoms. The fraction of sp³-hybridized carbons (Fsp3) is 0.368. The monoisotopic (exact) mass is 327 g/mol. The summed E-state index contributed by atoms with van der Waals surface area (Å²) in [5.74, 6) is 0.748. The summed E-state index contributed by atoms with van der Waals surface area (Å²) in [6, 6.07) is 10.5. The predicted molar refractivity (Wildman–Crippen MR) is 89.8 cm³/mol. The molecule has 1 atom stereocenters. The fourth-order valence-electron chi connectivity index (χ4n) is 3.16. The number of aliphatic hydroxyl groups excluding tert-OH is 1. The minimum absolute atomic E-state index is 0.0493. The maximum absolute atomic E-state index is 12.5. The van der Waals surface area contributed by atoms with E-state index < -0.39 is 0 Å². The van der Waals surface area contributed by atoms with Gasteiger partial charge in [0.15, 0.2) is 11.2 Å². The van der Waals surface area contributed by atoms with Crippen LogP contribution in [0, 0.1) is 12.8 Å². The molecule has 3 rings (SSSR count). The number of aryl methyl sites for hydroxylation is 1. The maximum atomic E-state index is 12.5. The highest BCUT2D eigenvalue weighted by atomic mass is 16.3. The van der Waals surface area contributed by atoms with E-state index in [1.54, 1.807) is 11.8 Å². The number of nitrogens with zero attached hydrogens (tertiary/aromatic N) is 1. The average molecular weight is 327 g/mol. The Hall–Kier alpha value is -2.40. The second kappa shape index (κ2) is 7.01. The quantitative estimate of drug-likeness (QED) is 0.934. The lowest BCUT2D eigenvalue weighted by atomic mass is 9.98. The van der Waals surface area contributed by atoms with Crippen LogP contribution in [0.4, 0.5) is 0 Å². The first kappa shape index (κ1) is 16.5. The van der Waals surface area contributed by atoms with E-state index >= 15 is 0 Å². The number of benzene rings is 1. The molecule has 1 fully saturated rings. The van der Waals surface area contributed by atoms with Crippen LogP contribution in [0.1, 0.15) is 33.9 Å². The van der Waals surface area contributed by atoms with Crippen molar-refractivity contribution in [2.24, 2.45) is 5.92 Å². The summed E-state index contributed by atoms with van der Waals surface area (Å²) in [5.41, 5.74) is 1.90. The second-order valence-corrected chi connectivity index (χ2v) is 6.35. The highest BCUT2D eigenvalue weighted by Gasteiger charge is 2.28. The number of likely N-dealkylation sites (tertiary alicyclic amines) is 1. The van der Waals surface area contributed by atoms with Gasteiger partial charge in [-0.05, 0) is 36.8 Å². The molecule has 2 aromatic rings. The summed E-state index contributed by atoms with van der Waals surface area (Å²) < 4.78 is 5.40. The average Bonchev–Trinajstić information content (AvgIpc) is 3.02. The Morgan fingerprint density at radius 1 is 1.25 bits per heavy atom. The fourth-order valence-corrected chi connectivity index (χ4v) is 3.16. The molecule has 1 aliphatic rings. The molecular formula is C19H21NO4. The zero-order valence-corrected chi connectivity index (χ0v) is 13.7. The van der Waals surface area contributed by atoms with Gasteiger partial charge >= 0.3 is 0 Å². The minimum Gasteiger partial charge on any atom is -0.456 e. The van der Waals surface area contributed by atoms with Crippen molar-refractivity contribution in [3.8, 4) is 0 Å². The number of carbonyl (C=O) groups excluding carboxylic acids is 1. The van der Waals surface area contributed by atoms with Gasteiger partial charge in [-0.3, -0.25) is 9.59 Å². The number of aliphatic hydroxyl groups is 1. The van der Waals surface area contributed by atoms with Crippen molar-refractivity contribution < 1.29 is 14.3 Å². The molecule has 0 radical (unpaired) electrons. The van der Waals surface area contributed by atoms with Crippen LogP contribution in [-0.2, 0) is 13.0 Å². The Morgan fingerprint density at radius 3 is 2.62 bits per heavy atom.